The molecule has 17 heavy (non-hydrogen) atoms. The van der Waals surface area contributed by atoms with Crippen molar-refractivity contribution in [2.24, 2.45) is 0 Å². The van der Waals surface area contributed by atoms with Crippen LogP contribution in [0.1, 0.15) is 18.5 Å². The number of halogens is 1. The van der Waals surface area contributed by atoms with Crippen molar-refractivity contribution in [1.82, 2.24) is 10.2 Å². The van der Waals surface area contributed by atoms with Crippen molar-refractivity contribution in [1.29, 1.82) is 0 Å². The van der Waals surface area contributed by atoms with Gasteiger partial charge >= 0.3 is 0 Å². The molecule has 2 rings (SSSR count). The largest absolute Gasteiger partial charge is 0.314 e. The molecule has 0 saturated carbocycles. The molecule has 1 fully saturated rings. The van der Waals surface area contributed by atoms with Gasteiger partial charge in [-0.25, -0.2) is 0 Å². The maximum atomic E-state index is 11.9. The third-order valence-corrected chi connectivity index (χ3v) is 3.56. The fourth-order valence-electron chi connectivity index (χ4n) is 2.32. The second-order valence-corrected chi connectivity index (χ2v) is 5.27. The highest BCUT2D eigenvalue weighted by molar-refractivity contribution is 9.10. The number of ketones is 1. The molecule has 0 radical (unpaired) electrons. The third-order valence-electron chi connectivity index (χ3n) is 3.07. The summed E-state index contributed by atoms with van der Waals surface area (Å²) in [6.07, 6.45) is 0. The first-order valence-electron chi connectivity index (χ1n) is 5.89. The van der Waals surface area contributed by atoms with Crippen molar-refractivity contribution < 1.29 is 4.79 Å². The highest BCUT2D eigenvalue weighted by Gasteiger charge is 2.25. The molecule has 0 bridgehead atoms. The SMILES string of the molecule is CC(=O)C(c1cccc(Br)c1)N1CCNCC1. The molecule has 4 heteroatoms. The van der Waals surface area contributed by atoms with Crippen molar-refractivity contribution in [3.63, 3.8) is 0 Å². The molecule has 1 heterocycles. The summed E-state index contributed by atoms with van der Waals surface area (Å²) in [5.74, 6) is 0.213. The van der Waals surface area contributed by atoms with E-state index in [1.165, 1.54) is 0 Å². The molecule has 0 aliphatic carbocycles. The van der Waals surface area contributed by atoms with Crippen molar-refractivity contribution in [3.05, 3.63) is 34.3 Å². The Morgan fingerprint density at radius 1 is 1.41 bits per heavy atom. The Bertz CT molecular complexity index is 402. The van der Waals surface area contributed by atoms with E-state index in [4.69, 9.17) is 0 Å². The van der Waals surface area contributed by atoms with Crippen LogP contribution in [-0.4, -0.2) is 36.9 Å². The quantitative estimate of drug-likeness (QED) is 0.926. The van der Waals surface area contributed by atoms with E-state index in [1.807, 2.05) is 24.3 Å². The van der Waals surface area contributed by atoms with Crippen LogP contribution in [0.5, 0.6) is 0 Å². The van der Waals surface area contributed by atoms with Gasteiger partial charge in [0.25, 0.3) is 0 Å². The van der Waals surface area contributed by atoms with E-state index in [-0.39, 0.29) is 11.8 Å². The van der Waals surface area contributed by atoms with Crippen LogP contribution in [0.3, 0.4) is 0 Å². The molecule has 0 amide bonds. The van der Waals surface area contributed by atoms with Crippen LogP contribution in [0.4, 0.5) is 0 Å². The fourth-order valence-corrected chi connectivity index (χ4v) is 2.74. The van der Waals surface area contributed by atoms with E-state index in [9.17, 15) is 4.79 Å². The second kappa shape index (κ2) is 5.76. The van der Waals surface area contributed by atoms with Gasteiger partial charge in [-0.2, -0.15) is 0 Å². The average molecular weight is 297 g/mol. The Balaban J connectivity index is 2.25. The molecule has 1 aromatic rings. The molecule has 3 nitrogen and oxygen atoms in total. The number of Topliss-reactive ketones (excluding diaryl/α,β-unsaturated/α-hetero) is 1. The molecule has 0 spiro atoms. The standard InChI is InChI=1S/C13H17BrN2O/c1-10(17)13(16-7-5-15-6-8-16)11-3-2-4-12(14)9-11/h2-4,9,13,15H,5-8H2,1H3. The van der Waals surface area contributed by atoms with Gasteiger partial charge in [-0.3, -0.25) is 9.69 Å². The maximum absolute atomic E-state index is 11.9. The summed E-state index contributed by atoms with van der Waals surface area (Å²) >= 11 is 3.46. The molecule has 1 aliphatic rings. The van der Waals surface area contributed by atoms with Gasteiger partial charge in [0.15, 0.2) is 5.78 Å². The van der Waals surface area contributed by atoms with Gasteiger partial charge in [-0.1, -0.05) is 28.1 Å². The Kier molecular flexibility index (Phi) is 4.31. The van der Waals surface area contributed by atoms with E-state index in [0.29, 0.717) is 0 Å². The molecular weight excluding hydrogens is 280 g/mol. The number of nitrogens with zero attached hydrogens (tertiary/aromatic N) is 1. The summed E-state index contributed by atoms with van der Waals surface area (Å²) in [5, 5.41) is 3.31. The van der Waals surface area contributed by atoms with E-state index in [2.05, 4.69) is 26.1 Å². The lowest BCUT2D eigenvalue weighted by Gasteiger charge is -2.33. The smallest absolute Gasteiger partial charge is 0.151 e. The molecule has 92 valence electrons. The number of hydrogen-bond donors (Lipinski definition) is 1. The molecule has 1 saturated heterocycles. The fraction of sp³-hybridized carbons (Fsp3) is 0.462. The Morgan fingerprint density at radius 2 is 2.12 bits per heavy atom. The summed E-state index contributed by atoms with van der Waals surface area (Å²) in [5.41, 5.74) is 1.08. The van der Waals surface area contributed by atoms with Gasteiger partial charge in [-0.15, -0.1) is 0 Å². The van der Waals surface area contributed by atoms with Gasteiger partial charge in [0.1, 0.15) is 0 Å². The number of nitrogens with one attached hydrogen (secondary N) is 1. The van der Waals surface area contributed by atoms with Crippen molar-refractivity contribution in [2.75, 3.05) is 26.2 Å². The molecule has 1 N–H and O–H groups in total. The first-order valence-corrected chi connectivity index (χ1v) is 6.68. The van der Waals surface area contributed by atoms with Crippen LogP contribution in [0.15, 0.2) is 28.7 Å². The van der Waals surface area contributed by atoms with Crippen molar-refractivity contribution in [3.8, 4) is 0 Å². The predicted molar refractivity (Wildman–Crippen MR) is 72.0 cm³/mol. The molecule has 1 aromatic carbocycles. The lowest BCUT2D eigenvalue weighted by Crippen LogP contribution is -2.46. The Morgan fingerprint density at radius 3 is 2.71 bits per heavy atom. The highest BCUT2D eigenvalue weighted by atomic mass is 79.9. The minimum Gasteiger partial charge on any atom is -0.314 e. The van der Waals surface area contributed by atoms with Crippen LogP contribution in [-0.2, 0) is 4.79 Å². The summed E-state index contributed by atoms with van der Waals surface area (Å²) in [6, 6.07) is 7.93. The highest BCUT2D eigenvalue weighted by Crippen LogP contribution is 2.24. The number of benzene rings is 1. The van der Waals surface area contributed by atoms with Crippen LogP contribution in [0.2, 0.25) is 0 Å². The monoisotopic (exact) mass is 296 g/mol. The van der Waals surface area contributed by atoms with E-state index in [0.717, 1.165) is 36.2 Å². The zero-order valence-corrected chi connectivity index (χ0v) is 11.5. The summed E-state index contributed by atoms with van der Waals surface area (Å²) in [7, 11) is 0. The Labute approximate surface area is 110 Å². The predicted octanol–water partition coefficient (Wildman–Crippen LogP) is 1.98. The maximum Gasteiger partial charge on any atom is 0.151 e. The van der Waals surface area contributed by atoms with Crippen LogP contribution >= 0.6 is 15.9 Å². The number of hydrogen-bond acceptors (Lipinski definition) is 3. The molecule has 1 unspecified atom stereocenters. The molecule has 0 aromatic heterocycles. The number of rotatable bonds is 3. The first kappa shape index (κ1) is 12.7. The lowest BCUT2D eigenvalue weighted by atomic mass is 10.0. The summed E-state index contributed by atoms with van der Waals surface area (Å²) in [4.78, 5) is 14.1. The number of carbonyl (C=O) groups is 1. The van der Waals surface area contributed by atoms with Crippen molar-refractivity contribution in [2.45, 2.75) is 13.0 Å². The Hall–Kier alpha value is -0.710. The third kappa shape index (κ3) is 3.15. The van der Waals surface area contributed by atoms with Gasteiger partial charge in [0.2, 0.25) is 0 Å². The topological polar surface area (TPSA) is 32.3 Å². The van der Waals surface area contributed by atoms with E-state index >= 15 is 0 Å². The van der Waals surface area contributed by atoms with Gasteiger partial charge in [0, 0.05) is 30.7 Å². The minimum absolute atomic E-state index is 0.102. The molecule has 1 atom stereocenters. The zero-order valence-electron chi connectivity index (χ0n) is 9.95. The van der Waals surface area contributed by atoms with Crippen LogP contribution in [0.25, 0.3) is 0 Å². The lowest BCUT2D eigenvalue weighted by molar-refractivity contribution is -0.122. The number of piperazine rings is 1. The second-order valence-electron chi connectivity index (χ2n) is 4.35. The van der Waals surface area contributed by atoms with Gasteiger partial charge in [0.05, 0.1) is 6.04 Å². The summed E-state index contributed by atoms with van der Waals surface area (Å²) in [6.45, 7) is 5.44. The summed E-state index contributed by atoms with van der Waals surface area (Å²) < 4.78 is 1.02. The van der Waals surface area contributed by atoms with E-state index in [1.54, 1.807) is 6.92 Å². The van der Waals surface area contributed by atoms with Gasteiger partial charge in [-0.05, 0) is 24.6 Å². The number of carbonyl (C=O) groups excluding carboxylic acids is 1. The van der Waals surface area contributed by atoms with E-state index < -0.39 is 0 Å². The van der Waals surface area contributed by atoms with Crippen LogP contribution < -0.4 is 5.32 Å². The molecule has 1 aliphatic heterocycles. The normalized spacial score (nSPS) is 18.9. The molecular formula is C13H17BrN2O. The zero-order chi connectivity index (χ0) is 12.3. The average Bonchev–Trinajstić information content (AvgIpc) is 2.30. The van der Waals surface area contributed by atoms with Crippen LogP contribution in [0, 0.1) is 0 Å². The minimum atomic E-state index is -0.102. The first-order chi connectivity index (χ1) is 8.18. The van der Waals surface area contributed by atoms with Crippen molar-refractivity contribution >= 4 is 21.7 Å². The van der Waals surface area contributed by atoms with Gasteiger partial charge < -0.3 is 5.32 Å².